The predicted octanol–water partition coefficient (Wildman–Crippen LogP) is 3.24. The number of hydrogen-bond donors (Lipinski definition) is 2. The van der Waals surface area contributed by atoms with Gasteiger partial charge in [0.2, 0.25) is 5.28 Å². The van der Waals surface area contributed by atoms with Gasteiger partial charge in [0, 0.05) is 6.54 Å². The smallest absolute Gasteiger partial charge is 0.226 e. The largest absolute Gasteiger partial charge is 0.369 e. The summed E-state index contributed by atoms with van der Waals surface area (Å²) in [7, 11) is 0. The highest BCUT2D eigenvalue weighted by Crippen LogP contribution is 2.29. The first-order valence-corrected chi connectivity index (χ1v) is 7.20. The molecule has 1 aliphatic rings. The number of halogens is 1. The monoisotopic (exact) mass is 279 g/mol. The normalized spacial score (nSPS) is 23.7. The molecule has 1 fully saturated rings. The molecule has 19 heavy (non-hydrogen) atoms. The molecule has 0 aliphatic heterocycles. The zero-order valence-electron chi connectivity index (χ0n) is 11.0. The Bertz CT molecular complexity index is 567. The number of hydrogen-bond acceptors (Lipinski definition) is 4. The first-order valence-electron chi connectivity index (χ1n) is 6.83. The molecule has 2 heterocycles. The molecule has 0 saturated heterocycles. The molecule has 6 heteroatoms. The topological polar surface area (TPSA) is 66.5 Å². The van der Waals surface area contributed by atoms with Crippen LogP contribution in [0.1, 0.15) is 32.6 Å². The van der Waals surface area contributed by atoms with Crippen LogP contribution in [0.4, 0.5) is 5.82 Å². The van der Waals surface area contributed by atoms with Crippen LogP contribution in [0.15, 0.2) is 6.20 Å². The van der Waals surface area contributed by atoms with Crippen LogP contribution in [0, 0.1) is 11.8 Å². The van der Waals surface area contributed by atoms with Crippen molar-refractivity contribution in [2.24, 2.45) is 11.8 Å². The fraction of sp³-hybridized carbons (Fsp3) is 0.615. The average Bonchev–Trinajstić information content (AvgIpc) is 2.84. The number of anilines is 1. The van der Waals surface area contributed by atoms with E-state index in [1.165, 1.54) is 25.7 Å². The maximum Gasteiger partial charge on any atom is 0.226 e. The van der Waals surface area contributed by atoms with Gasteiger partial charge in [-0.25, -0.2) is 0 Å². The first-order chi connectivity index (χ1) is 9.22. The SMILES string of the molecule is CC1CCCC(CNc2nc(Cl)nc3[nH]ncc23)C1. The maximum atomic E-state index is 5.92. The molecule has 2 atom stereocenters. The van der Waals surface area contributed by atoms with E-state index in [2.05, 4.69) is 32.4 Å². The quantitative estimate of drug-likeness (QED) is 0.847. The van der Waals surface area contributed by atoms with E-state index >= 15 is 0 Å². The van der Waals surface area contributed by atoms with Crippen molar-refractivity contribution in [3.8, 4) is 0 Å². The van der Waals surface area contributed by atoms with Crippen LogP contribution in [-0.2, 0) is 0 Å². The van der Waals surface area contributed by atoms with Crippen LogP contribution < -0.4 is 5.32 Å². The first kappa shape index (κ1) is 12.7. The Morgan fingerprint density at radius 3 is 3.16 bits per heavy atom. The molecule has 2 N–H and O–H groups in total. The predicted molar refractivity (Wildman–Crippen MR) is 76.3 cm³/mol. The Hall–Kier alpha value is -1.36. The molecule has 0 amide bonds. The third-order valence-corrected chi connectivity index (χ3v) is 4.05. The van der Waals surface area contributed by atoms with Gasteiger partial charge in [-0.15, -0.1) is 0 Å². The van der Waals surface area contributed by atoms with Crippen molar-refractivity contribution in [3.63, 3.8) is 0 Å². The number of H-pyrrole nitrogens is 1. The van der Waals surface area contributed by atoms with E-state index in [4.69, 9.17) is 11.6 Å². The summed E-state index contributed by atoms with van der Waals surface area (Å²) in [5.41, 5.74) is 0.680. The molecule has 0 radical (unpaired) electrons. The van der Waals surface area contributed by atoms with Crippen LogP contribution in [0.3, 0.4) is 0 Å². The minimum atomic E-state index is 0.247. The molecule has 0 bridgehead atoms. The van der Waals surface area contributed by atoms with Gasteiger partial charge in [-0.1, -0.05) is 19.8 Å². The molecule has 0 aromatic carbocycles. The second kappa shape index (κ2) is 5.33. The van der Waals surface area contributed by atoms with Gasteiger partial charge in [0.05, 0.1) is 11.6 Å². The van der Waals surface area contributed by atoms with Gasteiger partial charge in [-0.2, -0.15) is 15.1 Å². The van der Waals surface area contributed by atoms with Gasteiger partial charge in [0.25, 0.3) is 0 Å². The Morgan fingerprint density at radius 1 is 1.42 bits per heavy atom. The molecule has 2 aromatic rings. The summed E-state index contributed by atoms with van der Waals surface area (Å²) in [6, 6.07) is 0. The number of rotatable bonds is 3. The molecule has 1 saturated carbocycles. The minimum absolute atomic E-state index is 0.247. The van der Waals surface area contributed by atoms with Crippen molar-refractivity contribution < 1.29 is 0 Å². The zero-order chi connectivity index (χ0) is 13.2. The fourth-order valence-electron chi connectivity index (χ4n) is 2.93. The van der Waals surface area contributed by atoms with Crippen molar-refractivity contribution in [3.05, 3.63) is 11.5 Å². The molecule has 2 aromatic heterocycles. The van der Waals surface area contributed by atoms with Gasteiger partial charge in [-0.3, -0.25) is 5.10 Å². The maximum absolute atomic E-state index is 5.92. The summed E-state index contributed by atoms with van der Waals surface area (Å²) in [6.45, 7) is 3.28. The average molecular weight is 280 g/mol. The van der Waals surface area contributed by atoms with Crippen molar-refractivity contribution >= 4 is 28.5 Å². The van der Waals surface area contributed by atoms with Gasteiger partial charge in [-0.05, 0) is 36.3 Å². The lowest BCUT2D eigenvalue weighted by Crippen LogP contribution is -2.21. The molecule has 5 nitrogen and oxygen atoms in total. The lowest BCUT2D eigenvalue weighted by Gasteiger charge is -2.26. The van der Waals surface area contributed by atoms with E-state index in [0.29, 0.717) is 5.65 Å². The van der Waals surface area contributed by atoms with Crippen molar-refractivity contribution in [2.75, 3.05) is 11.9 Å². The lowest BCUT2D eigenvalue weighted by atomic mass is 9.82. The number of aromatic amines is 1. The van der Waals surface area contributed by atoms with E-state index in [9.17, 15) is 0 Å². The molecule has 102 valence electrons. The summed E-state index contributed by atoms with van der Waals surface area (Å²) in [6.07, 6.45) is 7.02. The number of nitrogens with one attached hydrogen (secondary N) is 2. The van der Waals surface area contributed by atoms with Crippen LogP contribution in [0.2, 0.25) is 5.28 Å². The van der Waals surface area contributed by atoms with E-state index in [0.717, 1.165) is 29.6 Å². The molecular weight excluding hydrogens is 262 g/mol. The van der Waals surface area contributed by atoms with Crippen LogP contribution in [-0.4, -0.2) is 26.7 Å². The summed E-state index contributed by atoms with van der Waals surface area (Å²) in [4.78, 5) is 8.36. The highest BCUT2D eigenvalue weighted by molar-refractivity contribution is 6.28. The second-order valence-corrected chi connectivity index (χ2v) is 5.83. The minimum Gasteiger partial charge on any atom is -0.369 e. The number of fused-ring (bicyclic) bond motifs is 1. The third kappa shape index (κ3) is 2.81. The summed E-state index contributed by atoms with van der Waals surface area (Å²) in [5, 5.41) is 11.4. The third-order valence-electron chi connectivity index (χ3n) is 3.89. The van der Waals surface area contributed by atoms with E-state index in [-0.39, 0.29) is 5.28 Å². The van der Waals surface area contributed by atoms with Crippen LogP contribution in [0.5, 0.6) is 0 Å². The Kier molecular flexibility index (Phi) is 3.55. The van der Waals surface area contributed by atoms with E-state index in [1.807, 2.05) is 0 Å². The Morgan fingerprint density at radius 2 is 2.32 bits per heavy atom. The fourth-order valence-corrected chi connectivity index (χ4v) is 3.10. The standard InChI is InChI=1S/C13H18ClN5/c1-8-3-2-4-9(5-8)6-15-11-10-7-16-19-12(10)18-13(14)17-11/h7-9H,2-6H2,1H3,(H2,15,16,17,18,19). The highest BCUT2D eigenvalue weighted by atomic mass is 35.5. The Balaban J connectivity index is 1.72. The van der Waals surface area contributed by atoms with Gasteiger partial charge >= 0.3 is 0 Å². The molecule has 0 spiro atoms. The highest BCUT2D eigenvalue weighted by Gasteiger charge is 2.19. The van der Waals surface area contributed by atoms with E-state index < -0.39 is 0 Å². The van der Waals surface area contributed by atoms with Gasteiger partial charge < -0.3 is 5.32 Å². The molecule has 3 rings (SSSR count). The van der Waals surface area contributed by atoms with Gasteiger partial charge in [0.1, 0.15) is 5.82 Å². The van der Waals surface area contributed by atoms with Crippen molar-refractivity contribution in [2.45, 2.75) is 32.6 Å². The lowest BCUT2D eigenvalue weighted by molar-refractivity contribution is 0.293. The summed E-state index contributed by atoms with van der Waals surface area (Å²) < 4.78 is 0. The van der Waals surface area contributed by atoms with E-state index in [1.54, 1.807) is 6.20 Å². The van der Waals surface area contributed by atoms with Crippen LogP contribution >= 0.6 is 11.6 Å². The molecule has 1 aliphatic carbocycles. The van der Waals surface area contributed by atoms with Gasteiger partial charge in [0.15, 0.2) is 5.65 Å². The zero-order valence-corrected chi connectivity index (χ0v) is 11.7. The van der Waals surface area contributed by atoms with Crippen molar-refractivity contribution in [1.82, 2.24) is 20.2 Å². The second-order valence-electron chi connectivity index (χ2n) is 5.49. The summed E-state index contributed by atoms with van der Waals surface area (Å²) >= 11 is 5.92. The Labute approximate surface area is 117 Å². The molecule has 2 unspecified atom stereocenters. The van der Waals surface area contributed by atoms with Crippen LogP contribution in [0.25, 0.3) is 11.0 Å². The van der Waals surface area contributed by atoms with Crippen molar-refractivity contribution in [1.29, 1.82) is 0 Å². The number of aromatic nitrogens is 4. The molecular formula is C13H18ClN5. The summed E-state index contributed by atoms with van der Waals surface area (Å²) in [5.74, 6) is 2.34. The number of nitrogens with zero attached hydrogens (tertiary/aromatic N) is 3.